The number of aliphatic imine (C=N–C) groups is 1. The van der Waals surface area contributed by atoms with Crippen LogP contribution in [0.4, 0.5) is 4.79 Å². The van der Waals surface area contributed by atoms with Crippen molar-refractivity contribution in [3.8, 4) is 11.5 Å². The molecule has 1 saturated heterocycles. The van der Waals surface area contributed by atoms with Crippen molar-refractivity contribution in [3.05, 3.63) is 54.8 Å². The van der Waals surface area contributed by atoms with Gasteiger partial charge < -0.3 is 30.3 Å². The summed E-state index contributed by atoms with van der Waals surface area (Å²) in [5.41, 5.74) is 0.331. The summed E-state index contributed by atoms with van der Waals surface area (Å²) < 4.78 is 12.6. The second kappa shape index (κ2) is 13.9. The van der Waals surface area contributed by atoms with Crippen molar-refractivity contribution in [3.63, 3.8) is 0 Å². The molecule has 1 aromatic heterocycles. The van der Waals surface area contributed by atoms with Crippen LogP contribution in [0.1, 0.15) is 51.0 Å². The molecule has 0 radical (unpaired) electrons. The van der Waals surface area contributed by atoms with Gasteiger partial charge in [0.15, 0.2) is 11.5 Å². The predicted molar refractivity (Wildman–Crippen MR) is 164 cm³/mol. The van der Waals surface area contributed by atoms with Crippen molar-refractivity contribution in [2.45, 2.75) is 69.6 Å². The van der Waals surface area contributed by atoms with Gasteiger partial charge in [0, 0.05) is 63.3 Å². The number of hydrogen-bond acceptors (Lipinski definition) is 8. The van der Waals surface area contributed by atoms with Crippen LogP contribution in [0.3, 0.4) is 0 Å². The van der Waals surface area contributed by atoms with E-state index in [1.807, 2.05) is 53.1 Å². The van der Waals surface area contributed by atoms with Gasteiger partial charge in [0.05, 0.1) is 14.2 Å². The van der Waals surface area contributed by atoms with Gasteiger partial charge in [-0.25, -0.2) is 14.8 Å². The lowest BCUT2D eigenvalue weighted by atomic mass is 9.95. The van der Waals surface area contributed by atoms with Crippen molar-refractivity contribution in [2.75, 3.05) is 40.4 Å². The van der Waals surface area contributed by atoms with Crippen LogP contribution in [0.25, 0.3) is 0 Å². The molecule has 3 N–H and O–H groups in total. The first-order chi connectivity index (χ1) is 20.9. The lowest BCUT2D eigenvalue weighted by molar-refractivity contribution is -0.123. The number of methoxy groups -OCH3 is 2. The normalized spacial score (nSPS) is 22.8. The fraction of sp³-hybridized carbons (Fsp3) is 0.548. The van der Waals surface area contributed by atoms with E-state index in [-0.39, 0.29) is 30.4 Å². The minimum atomic E-state index is -0.707. The van der Waals surface area contributed by atoms with Crippen molar-refractivity contribution < 1.29 is 19.1 Å². The quantitative estimate of drug-likeness (QED) is 0.409. The van der Waals surface area contributed by atoms with E-state index < -0.39 is 5.66 Å². The zero-order chi connectivity index (χ0) is 30.2. The number of carbonyl (C=O) groups excluding carboxylic acids is 2. The first-order valence-corrected chi connectivity index (χ1v) is 15.2. The van der Waals surface area contributed by atoms with Crippen LogP contribution in [0.2, 0.25) is 0 Å². The molecule has 2 aromatic rings. The van der Waals surface area contributed by atoms with Crippen molar-refractivity contribution >= 4 is 17.9 Å². The maximum atomic E-state index is 13.3. The van der Waals surface area contributed by atoms with Crippen LogP contribution in [-0.2, 0) is 11.2 Å². The first kappa shape index (κ1) is 30.4. The fourth-order valence-electron chi connectivity index (χ4n) is 6.23. The Balaban J connectivity index is 1.27. The molecule has 43 heavy (non-hydrogen) atoms. The smallest absolute Gasteiger partial charge is 0.317 e. The van der Waals surface area contributed by atoms with Gasteiger partial charge in [-0.05, 0) is 50.0 Å². The number of rotatable bonds is 9. The monoisotopic (exact) mass is 592 g/mol. The van der Waals surface area contributed by atoms with Gasteiger partial charge >= 0.3 is 6.03 Å². The molecule has 12 nitrogen and oxygen atoms in total. The molecule has 1 saturated carbocycles. The summed E-state index contributed by atoms with van der Waals surface area (Å²) in [4.78, 5) is 39.9. The Morgan fingerprint density at radius 3 is 2.67 bits per heavy atom. The Morgan fingerprint density at radius 1 is 1.12 bits per heavy atom. The highest BCUT2D eigenvalue weighted by atomic mass is 16.5. The number of aromatic nitrogens is 2. The largest absolute Gasteiger partial charge is 0.493 e. The molecule has 1 aliphatic carbocycles. The first-order valence-electron chi connectivity index (χ1n) is 15.2. The summed E-state index contributed by atoms with van der Waals surface area (Å²) in [7, 11) is 3.22. The number of nitrogens with zero attached hydrogens (tertiary/aromatic N) is 5. The topological polar surface area (TPSA) is 125 Å². The molecule has 2 aliphatic heterocycles. The van der Waals surface area contributed by atoms with Crippen LogP contribution in [0, 0.1) is 0 Å². The number of nitrogens with one attached hydrogen (secondary N) is 3. The van der Waals surface area contributed by atoms with Crippen LogP contribution in [-0.4, -0.2) is 95.4 Å². The lowest BCUT2D eigenvalue weighted by Crippen LogP contribution is -2.64. The van der Waals surface area contributed by atoms with E-state index >= 15 is 0 Å². The van der Waals surface area contributed by atoms with Gasteiger partial charge in [-0.3, -0.25) is 14.3 Å². The molecule has 3 heterocycles. The molecule has 3 amide bonds. The van der Waals surface area contributed by atoms with Crippen LogP contribution in [0.15, 0.2) is 54.2 Å². The maximum absolute atomic E-state index is 13.3. The second-order valence-electron chi connectivity index (χ2n) is 11.5. The summed E-state index contributed by atoms with van der Waals surface area (Å²) in [6, 6.07) is 5.72. The number of imidazole rings is 1. The SMILES string of the molecule is COc1ccc(CCNC(=O)CC2CN(C(=O)NC3CCCCC3)CCN2C2(C)C=CNC(n3ccnc3)=N2)cc1OC. The molecule has 12 heteroatoms. The van der Waals surface area contributed by atoms with Gasteiger partial charge in [0.1, 0.15) is 12.0 Å². The van der Waals surface area contributed by atoms with Crippen LogP contribution in [0.5, 0.6) is 11.5 Å². The van der Waals surface area contributed by atoms with E-state index in [0.29, 0.717) is 50.1 Å². The van der Waals surface area contributed by atoms with Gasteiger partial charge in [-0.1, -0.05) is 25.3 Å². The highest BCUT2D eigenvalue weighted by Gasteiger charge is 2.41. The molecule has 5 rings (SSSR count). The minimum Gasteiger partial charge on any atom is -0.493 e. The number of carbonyl (C=O) groups is 2. The van der Waals surface area contributed by atoms with Crippen molar-refractivity contribution in [2.24, 2.45) is 4.99 Å². The Bertz CT molecular complexity index is 1310. The fourth-order valence-corrected chi connectivity index (χ4v) is 6.23. The number of hydrogen-bond donors (Lipinski definition) is 3. The van der Waals surface area contributed by atoms with E-state index in [1.54, 1.807) is 26.7 Å². The summed E-state index contributed by atoms with van der Waals surface area (Å²) in [6.45, 7) is 4.11. The molecule has 0 spiro atoms. The summed E-state index contributed by atoms with van der Waals surface area (Å²) in [6.07, 6.45) is 15.6. The molecule has 2 fully saturated rings. The standard InChI is InChI=1S/C31H44N8O4/c1-31(12-14-34-29(36-31)38-16-15-32-22-38)39-18-17-37(30(41)35-24-7-5-4-6-8-24)21-25(39)20-28(40)33-13-11-23-9-10-26(42-2)27(19-23)43-3/h9-10,12,14-16,19,22,24-25H,4-8,11,13,17-18,20-21H2,1-3H3,(H,33,40)(H,34,36)(H,35,41). The third kappa shape index (κ3) is 7.48. The molecule has 1 aromatic carbocycles. The molecular weight excluding hydrogens is 548 g/mol. The van der Waals surface area contributed by atoms with E-state index in [1.165, 1.54) is 6.42 Å². The maximum Gasteiger partial charge on any atom is 0.317 e. The zero-order valence-electron chi connectivity index (χ0n) is 25.4. The predicted octanol–water partition coefficient (Wildman–Crippen LogP) is 2.72. The summed E-state index contributed by atoms with van der Waals surface area (Å²) in [5.74, 6) is 1.92. The molecule has 2 atom stereocenters. The Kier molecular flexibility index (Phi) is 9.86. The molecule has 232 valence electrons. The average Bonchev–Trinajstić information content (AvgIpc) is 3.57. The number of amides is 3. The number of urea groups is 1. The van der Waals surface area contributed by atoms with Crippen LogP contribution < -0.4 is 25.4 Å². The summed E-state index contributed by atoms with van der Waals surface area (Å²) in [5, 5.41) is 9.53. The number of benzene rings is 1. The Labute approximate surface area is 253 Å². The minimum absolute atomic E-state index is 0.0426. The van der Waals surface area contributed by atoms with E-state index in [4.69, 9.17) is 14.5 Å². The van der Waals surface area contributed by atoms with Gasteiger partial charge in [0.2, 0.25) is 11.9 Å². The lowest BCUT2D eigenvalue weighted by Gasteiger charge is -2.48. The van der Waals surface area contributed by atoms with Crippen molar-refractivity contribution in [1.29, 1.82) is 0 Å². The van der Waals surface area contributed by atoms with E-state index in [9.17, 15) is 9.59 Å². The van der Waals surface area contributed by atoms with Gasteiger partial charge in [-0.15, -0.1) is 0 Å². The molecule has 0 bridgehead atoms. The third-order valence-corrected chi connectivity index (χ3v) is 8.58. The molecule has 3 aliphatic rings. The van der Waals surface area contributed by atoms with E-state index in [2.05, 4.69) is 25.8 Å². The van der Waals surface area contributed by atoms with Gasteiger partial charge in [-0.2, -0.15) is 0 Å². The molecular formula is C31H44N8O4. The second-order valence-corrected chi connectivity index (χ2v) is 11.5. The zero-order valence-corrected chi connectivity index (χ0v) is 25.4. The molecule has 2 unspecified atom stereocenters. The Hall–Kier alpha value is -4.06. The average molecular weight is 593 g/mol. The third-order valence-electron chi connectivity index (χ3n) is 8.58. The van der Waals surface area contributed by atoms with Crippen molar-refractivity contribution in [1.82, 2.24) is 35.3 Å². The highest BCUT2D eigenvalue weighted by molar-refractivity contribution is 5.84. The Morgan fingerprint density at radius 2 is 1.93 bits per heavy atom. The van der Waals surface area contributed by atoms with Crippen LogP contribution >= 0.6 is 0 Å². The van der Waals surface area contributed by atoms with E-state index in [0.717, 1.165) is 31.2 Å². The van der Waals surface area contributed by atoms with Gasteiger partial charge in [0.25, 0.3) is 0 Å². The highest BCUT2D eigenvalue weighted by Crippen LogP contribution is 2.29. The summed E-state index contributed by atoms with van der Waals surface area (Å²) >= 11 is 0. The number of ether oxygens (including phenoxy) is 2. The number of piperazine rings is 1.